The molecule has 6 nitrogen and oxygen atoms in total. The molecular formula is C17H13N3O3. The largest absolute Gasteiger partial charge is 0.387 e. The van der Waals surface area contributed by atoms with Gasteiger partial charge in [-0.2, -0.15) is 5.26 Å². The number of amides is 2. The Labute approximate surface area is 132 Å². The van der Waals surface area contributed by atoms with E-state index in [1.54, 1.807) is 24.3 Å². The number of carbonyl (C=O) groups excluding carboxylic acids is 1. The summed E-state index contributed by atoms with van der Waals surface area (Å²) in [5.74, 6) is 0. The van der Waals surface area contributed by atoms with Gasteiger partial charge in [0.25, 0.3) is 0 Å². The normalized spacial score (nSPS) is 26.0. The summed E-state index contributed by atoms with van der Waals surface area (Å²) in [5, 5.41) is 31.1. The molecule has 0 radical (unpaired) electrons. The minimum absolute atomic E-state index is 0.398. The monoisotopic (exact) mass is 307 g/mol. The third-order valence-corrected chi connectivity index (χ3v) is 4.39. The highest BCUT2D eigenvalue weighted by atomic mass is 16.3. The van der Waals surface area contributed by atoms with E-state index in [0.29, 0.717) is 16.6 Å². The molecule has 2 heterocycles. The molecule has 2 aromatic rings. The van der Waals surface area contributed by atoms with Crippen LogP contribution >= 0.6 is 0 Å². The molecule has 0 aromatic heterocycles. The second-order valence-electron chi connectivity index (χ2n) is 5.59. The number of nitrogens with zero attached hydrogens (tertiary/aromatic N) is 3. The summed E-state index contributed by atoms with van der Waals surface area (Å²) in [6.45, 7) is 0. The molecule has 4 rings (SSSR count). The van der Waals surface area contributed by atoms with E-state index >= 15 is 0 Å². The van der Waals surface area contributed by atoms with Gasteiger partial charge in [-0.15, -0.1) is 0 Å². The predicted molar refractivity (Wildman–Crippen MR) is 83.3 cm³/mol. The highest BCUT2D eigenvalue weighted by Crippen LogP contribution is 2.37. The first-order chi connectivity index (χ1) is 11.1. The van der Waals surface area contributed by atoms with E-state index in [9.17, 15) is 20.3 Å². The van der Waals surface area contributed by atoms with E-state index < -0.39 is 24.4 Å². The first kappa shape index (κ1) is 13.8. The molecule has 2 aliphatic heterocycles. The van der Waals surface area contributed by atoms with Gasteiger partial charge in [-0.1, -0.05) is 24.3 Å². The van der Waals surface area contributed by atoms with E-state index in [4.69, 9.17) is 0 Å². The summed E-state index contributed by atoms with van der Waals surface area (Å²) in [6.07, 6.45) is 0.916. The van der Waals surface area contributed by atoms with Crippen molar-refractivity contribution < 1.29 is 15.0 Å². The van der Waals surface area contributed by atoms with Crippen LogP contribution in [0.15, 0.2) is 48.7 Å². The van der Waals surface area contributed by atoms with Gasteiger partial charge < -0.3 is 10.2 Å². The number of urea groups is 1. The molecule has 1 saturated heterocycles. The summed E-state index contributed by atoms with van der Waals surface area (Å²) in [6, 6.07) is 11.6. The molecule has 3 atom stereocenters. The molecule has 114 valence electrons. The number of hydrogen-bond donors (Lipinski definition) is 2. The van der Waals surface area contributed by atoms with E-state index in [1.807, 2.05) is 12.1 Å². The van der Waals surface area contributed by atoms with Gasteiger partial charge in [0.1, 0.15) is 6.04 Å². The van der Waals surface area contributed by atoms with Crippen molar-refractivity contribution in [2.45, 2.75) is 18.4 Å². The van der Waals surface area contributed by atoms with Crippen molar-refractivity contribution >= 4 is 22.5 Å². The Bertz CT molecular complexity index is 886. The Hall–Kier alpha value is -2.88. The maximum Gasteiger partial charge on any atom is 0.331 e. The fraction of sp³-hybridized carbons (Fsp3) is 0.176. The molecule has 2 aliphatic rings. The van der Waals surface area contributed by atoms with Crippen LogP contribution in [0.1, 0.15) is 5.56 Å². The van der Waals surface area contributed by atoms with E-state index in [-0.39, 0.29) is 0 Å². The van der Waals surface area contributed by atoms with Gasteiger partial charge in [0.05, 0.1) is 23.4 Å². The lowest BCUT2D eigenvalue weighted by Crippen LogP contribution is -2.41. The molecule has 2 amide bonds. The number of aliphatic hydroxyl groups excluding tert-OH is 2. The minimum Gasteiger partial charge on any atom is -0.387 e. The number of nitriles is 1. The summed E-state index contributed by atoms with van der Waals surface area (Å²) in [5.41, 5.74) is 1.03. The molecule has 0 spiro atoms. The first-order valence-electron chi connectivity index (χ1n) is 7.21. The Kier molecular flexibility index (Phi) is 2.88. The Morgan fingerprint density at radius 1 is 1.09 bits per heavy atom. The Morgan fingerprint density at radius 2 is 1.83 bits per heavy atom. The van der Waals surface area contributed by atoms with E-state index in [0.717, 1.165) is 5.39 Å². The molecule has 6 heteroatoms. The molecule has 2 aromatic carbocycles. The molecule has 1 unspecified atom stereocenters. The molecule has 2 N–H and O–H groups in total. The lowest BCUT2D eigenvalue weighted by Gasteiger charge is -2.23. The van der Waals surface area contributed by atoms with Crippen molar-refractivity contribution in [2.75, 3.05) is 4.90 Å². The fourth-order valence-corrected chi connectivity index (χ4v) is 3.30. The molecule has 1 fully saturated rings. The van der Waals surface area contributed by atoms with Crippen LogP contribution in [0.3, 0.4) is 0 Å². The Morgan fingerprint density at radius 3 is 2.52 bits per heavy atom. The molecular weight excluding hydrogens is 294 g/mol. The lowest BCUT2D eigenvalue weighted by atomic mass is 10.0. The van der Waals surface area contributed by atoms with Gasteiger partial charge in [0, 0.05) is 17.0 Å². The number of benzene rings is 2. The molecule has 0 saturated carbocycles. The zero-order chi connectivity index (χ0) is 16.1. The highest BCUT2D eigenvalue weighted by molar-refractivity contribution is 6.06. The molecule has 23 heavy (non-hydrogen) atoms. The summed E-state index contributed by atoms with van der Waals surface area (Å²) < 4.78 is 0. The summed E-state index contributed by atoms with van der Waals surface area (Å²) in [4.78, 5) is 15.2. The van der Waals surface area contributed by atoms with Gasteiger partial charge in [0.15, 0.2) is 6.23 Å². The topological polar surface area (TPSA) is 87.8 Å². The summed E-state index contributed by atoms with van der Waals surface area (Å²) in [7, 11) is 0. The highest BCUT2D eigenvalue weighted by Gasteiger charge is 2.50. The van der Waals surface area contributed by atoms with Crippen molar-refractivity contribution in [3.05, 3.63) is 54.2 Å². The third-order valence-electron chi connectivity index (χ3n) is 4.39. The number of anilines is 1. The third kappa shape index (κ3) is 1.78. The number of fused-ring (bicyclic) bond motifs is 2. The second kappa shape index (κ2) is 4.81. The predicted octanol–water partition coefficient (Wildman–Crippen LogP) is 1.53. The van der Waals surface area contributed by atoms with Crippen LogP contribution in [0.2, 0.25) is 0 Å². The minimum atomic E-state index is -1.16. The van der Waals surface area contributed by atoms with Gasteiger partial charge in [-0.25, -0.2) is 4.79 Å². The van der Waals surface area contributed by atoms with Crippen molar-refractivity contribution in [2.24, 2.45) is 0 Å². The quantitative estimate of drug-likeness (QED) is 0.836. The van der Waals surface area contributed by atoms with Gasteiger partial charge in [-0.3, -0.25) is 9.80 Å². The lowest BCUT2D eigenvalue weighted by molar-refractivity contribution is 0.0698. The fourth-order valence-electron chi connectivity index (χ4n) is 3.30. The standard InChI is InChI=1S/C17H13N3O3/c18-9-10-5-6-13(12-4-2-1-3-11(10)12)20-16(22)15-14(21)7-8-19(15)17(20)23/h1-8,14-16,21-22H/t14-,15+,16?/m0/s1. The number of carbonyl (C=O) groups is 1. The maximum absolute atomic E-state index is 12.6. The van der Waals surface area contributed by atoms with E-state index in [1.165, 1.54) is 22.1 Å². The van der Waals surface area contributed by atoms with Gasteiger partial charge >= 0.3 is 6.03 Å². The van der Waals surface area contributed by atoms with Crippen molar-refractivity contribution in [1.82, 2.24) is 4.90 Å². The van der Waals surface area contributed by atoms with Crippen LogP contribution in [-0.2, 0) is 0 Å². The number of rotatable bonds is 1. The zero-order valence-corrected chi connectivity index (χ0v) is 12.0. The van der Waals surface area contributed by atoms with Crippen LogP contribution < -0.4 is 4.90 Å². The van der Waals surface area contributed by atoms with Crippen molar-refractivity contribution in [1.29, 1.82) is 5.26 Å². The van der Waals surface area contributed by atoms with Gasteiger partial charge in [-0.05, 0) is 18.2 Å². The molecule has 0 aliphatic carbocycles. The average Bonchev–Trinajstić information content (AvgIpc) is 3.07. The maximum atomic E-state index is 12.6. The number of aliphatic hydroxyl groups is 2. The van der Waals surface area contributed by atoms with Crippen LogP contribution in [0.5, 0.6) is 0 Å². The van der Waals surface area contributed by atoms with Crippen molar-refractivity contribution in [3.8, 4) is 6.07 Å². The SMILES string of the molecule is N#Cc1ccc(N2C(=O)N3C=C[C@H](O)[C@@H]3C2O)c2ccccc12. The van der Waals surface area contributed by atoms with Crippen LogP contribution in [-0.4, -0.2) is 39.5 Å². The van der Waals surface area contributed by atoms with Crippen LogP contribution in [0.25, 0.3) is 10.8 Å². The van der Waals surface area contributed by atoms with Crippen LogP contribution in [0, 0.1) is 11.3 Å². The van der Waals surface area contributed by atoms with Crippen molar-refractivity contribution in [3.63, 3.8) is 0 Å². The molecule has 0 bridgehead atoms. The smallest absolute Gasteiger partial charge is 0.331 e. The Balaban J connectivity index is 1.89. The van der Waals surface area contributed by atoms with E-state index in [2.05, 4.69) is 6.07 Å². The average molecular weight is 307 g/mol. The van der Waals surface area contributed by atoms with Crippen LogP contribution in [0.4, 0.5) is 10.5 Å². The first-order valence-corrected chi connectivity index (χ1v) is 7.21. The zero-order valence-electron chi connectivity index (χ0n) is 12.0. The second-order valence-corrected chi connectivity index (χ2v) is 5.59. The number of hydrogen-bond acceptors (Lipinski definition) is 4. The summed E-state index contributed by atoms with van der Waals surface area (Å²) >= 11 is 0. The van der Waals surface area contributed by atoms with Gasteiger partial charge in [0.2, 0.25) is 0 Å².